The van der Waals surface area contributed by atoms with Crippen LogP contribution in [0.25, 0.3) is 0 Å². The Morgan fingerprint density at radius 3 is 2.62 bits per heavy atom. The predicted octanol–water partition coefficient (Wildman–Crippen LogP) is 3.53. The summed E-state index contributed by atoms with van der Waals surface area (Å²) < 4.78 is 10.4. The molecule has 0 saturated heterocycles. The topological polar surface area (TPSA) is 59.6 Å². The second-order valence-corrected chi connectivity index (χ2v) is 5.09. The number of ether oxygens (including phenoxy) is 2. The molecule has 0 aliphatic carbocycles. The van der Waals surface area contributed by atoms with Crippen molar-refractivity contribution in [3.05, 3.63) is 53.1 Å². The number of methoxy groups -OCH3 is 2. The zero-order valence-corrected chi connectivity index (χ0v) is 14.1. The van der Waals surface area contributed by atoms with Crippen molar-refractivity contribution in [1.29, 1.82) is 0 Å². The lowest BCUT2D eigenvalue weighted by Crippen LogP contribution is -2.29. The highest BCUT2D eigenvalue weighted by atomic mass is 35.5. The molecule has 0 bridgehead atoms. The van der Waals surface area contributed by atoms with Crippen LogP contribution < -0.4 is 20.1 Å². The number of rotatable bonds is 4. The molecule has 0 spiro atoms. The Balaban J connectivity index is 1.93. The van der Waals surface area contributed by atoms with Crippen molar-refractivity contribution >= 4 is 23.3 Å². The fourth-order valence-electron chi connectivity index (χ4n) is 1.96. The van der Waals surface area contributed by atoms with Crippen LogP contribution in [0.5, 0.6) is 11.5 Å². The van der Waals surface area contributed by atoms with E-state index in [2.05, 4.69) is 22.5 Å². The summed E-state index contributed by atoms with van der Waals surface area (Å²) in [5, 5.41) is 5.82. The number of carbonyl (C=O) groups is 1. The first-order valence-electron chi connectivity index (χ1n) is 7.14. The van der Waals surface area contributed by atoms with Crippen LogP contribution in [0.15, 0.2) is 42.5 Å². The van der Waals surface area contributed by atoms with E-state index in [1.54, 1.807) is 25.3 Å². The minimum absolute atomic E-state index is 0.187. The molecular formula is C18H17ClN2O3. The number of urea groups is 1. The highest BCUT2D eigenvalue weighted by molar-refractivity contribution is 6.31. The number of benzene rings is 2. The SMILES string of the molecule is COc1ccccc1C#CCNC(=O)Nc1cc(Cl)ccc1OC. The van der Waals surface area contributed by atoms with Crippen LogP contribution in [0.2, 0.25) is 5.02 Å². The molecule has 0 unspecified atom stereocenters. The molecule has 2 N–H and O–H groups in total. The molecule has 124 valence electrons. The van der Waals surface area contributed by atoms with E-state index in [-0.39, 0.29) is 6.54 Å². The van der Waals surface area contributed by atoms with Crippen molar-refractivity contribution in [2.45, 2.75) is 0 Å². The normalized spacial score (nSPS) is 9.46. The summed E-state index contributed by atoms with van der Waals surface area (Å²) in [6, 6.07) is 12.0. The van der Waals surface area contributed by atoms with Crippen LogP contribution in [0.3, 0.4) is 0 Å². The summed E-state index contributed by atoms with van der Waals surface area (Å²) in [6.07, 6.45) is 0. The lowest BCUT2D eigenvalue weighted by molar-refractivity contribution is 0.253. The Bertz CT molecular complexity index is 781. The summed E-state index contributed by atoms with van der Waals surface area (Å²) in [5.41, 5.74) is 1.25. The van der Waals surface area contributed by atoms with Gasteiger partial charge in [0, 0.05) is 5.02 Å². The standard InChI is InChI=1S/C18H17ClN2O3/c1-23-16-8-4-3-6-13(16)7-5-11-20-18(22)21-15-12-14(19)9-10-17(15)24-2/h3-4,6,8-10,12H,11H2,1-2H3,(H2,20,21,22). The summed E-state index contributed by atoms with van der Waals surface area (Å²) in [5.74, 6) is 7.04. The average molecular weight is 345 g/mol. The number of nitrogens with one attached hydrogen (secondary N) is 2. The fraction of sp³-hybridized carbons (Fsp3) is 0.167. The third-order valence-electron chi connectivity index (χ3n) is 3.08. The molecular weight excluding hydrogens is 328 g/mol. The van der Waals surface area contributed by atoms with E-state index in [4.69, 9.17) is 21.1 Å². The van der Waals surface area contributed by atoms with Crippen LogP contribution in [0, 0.1) is 11.8 Å². The van der Waals surface area contributed by atoms with Crippen LogP contribution in [-0.2, 0) is 0 Å². The molecule has 2 rings (SSSR count). The minimum Gasteiger partial charge on any atom is -0.495 e. The Labute approximate surface area is 145 Å². The lowest BCUT2D eigenvalue weighted by atomic mass is 10.2. The number of anilines is 1. The van der Waals surface area contributed by atoms with Crippen molar-refractivity contribution < 1.29 is 14.3 Å². The number of para-hydroxylation sites is 1. The highest BCUT2D eigenvalue weighted by Gasteiger charge is 2.07. The van der Waals surface area contributed by atoms with Crippen molar-refractivity contribution in [2.24, 2.45) is 0 Å². The third-order valence-corrected chi connectivity index (χ3v) is 3.31. The van der Waals surface area contributed by atoms with Gasteiger partial charge in [0.2, 0.25) is 0 Å². The summed E-state index contributed by atoms with van der Waals surface area (Å²) in [4.78, 5) is 11.9. The fourth-order valence-corrected chi connectivity index (χ4v) is 2.13. The van der Waals surface area contributed by atoms with Gasteiger partial charge in [-0.3, -0.25) is 0 Å². The molecule has 2 aromatic rings. The van der Waals surface area contributed by atoms with Crippen LogP contribution in [0.1, 0.15) is 5.56 Å². The first-order valence-corrected chi connectivity index (χ1v) is 7.52. The number of carbonyl (C=O) groups excluding carboxylic acids is 1. The van der Waals surface area contributed by atoms with Gasteiger partial charge in [-0.05, 0) is 30.3 Å². The molecule has 0 aliphatic heterocycles. The second kappa shape index (κ2) is 8.70. The van der Waals surface area contributed by atoms with Gasteiger partial charge in [-0.2, -0.15) is 0 Å². The quantitative estimate of drug-likeness (QED) is 0.834. The maximum atomic E-state index is 11.9. The van der Waals surface area contributed by atoms with Gasteiger partial charge in [0.1, 0.15) is 11.5 Å². The maximum Gasteiger partial charge on any atom is 0.320 e. The lowest BCUT2D eigenvalue weighted by Gasteiger charge is -2.10. The van der Waals surface area contributed by atoms with Crippen molar-refractivity contribution in [1.82, 2.24) is 5.32 Å². The van der Waals surface area contributed by atoms with E-state index >= 15 is 0 Å². The van der Waals surface area contributed by atoms with E-state index in [1.807, 2.05) is 24.3 Å². The molecule has 0 aromatic heterocycles. The van der Waals surface area contributed by atoms with Crippen molar-refractivity contribution in [3.63, 3.8) is 0 Å². The summed E-state index contributed by atoms with van der Waals surface area (Å²) >= 11 is 5.92. The number of hydrogen-bond donors (Lipinski definition) is 2. The van der Waals surface area contributed by atoms with Gasteiger partial charge < -0.3 is 20.1 Å². The van der Waals surface area contributed by atoms with Gasteiger partial charge in [0.25, 0.3) is 0 Å². The van der Waals surface area contributed by atoms with Gasteiger partial charge >= 0.3 is 6.03 Å². The van der Waals surface area contributed by atoms with Gasteiger partial charge in [-0.25, -0.2) is 4.79 Å². The molecule has 24 heavy (non-hydrogen) atoms. The number of amides is 2. The third kappa shape index (κ3) is 4.83. The Kier molecular flexibility index (Phi) is 6.35. The summed E-state index contributed by atoms with van der Waals surface area (Å²) in [6.45, 7) is 0.187. The van der Waals surface area contributed by atoms with E-state index in [0.717, 1.165) is 5.56 Å². The van der Waals surface area contributed by atoms with Gasteiger partial charge in [-0.15, -0.1) is 0 Å². The van der Waals surface area contributed by atoms with E-state index in [9.17, 15) is 4.79 Å². The average Bonchev–Trinajstić information content (AvgIpc) is 2.59. The van der Waals surface area contributed by atoms with Gasteiger partial charge in [-0.1, -0.05) is 35.6 Å². The monoisotopic (exact) mass is 344 g/mol. The first kappa shape index (κ1) is 17.5. The van der Waals surface area contributed by atoms with Crippen LogP contribution in [0.4, 0.5) is 10.5 Å². The van der Waals surface area contributed by atoms with E-state index in [1.165, 1.54) is 7.11 Å². The number of halogens is 1. The van der Waals surface area contributed by atoms with Crippen molar-refractivity contribution in [3.8, 4) is 23.3 Å². The Morgan fingerprint density at radius 2 is 1.88 bits per heavy atom. The largest absolute Gasteiger partial charge is 0.495 e. The Morgan fingerprint density at radius 1 is 1.12 bits per heavy atom. The van der Waals surface area contributed by atoms with Crippen LogP contribution in [-0.4, -0.2) is 26.8 Å². The molecule has 0 heterocycles. The van der Waals surface area contributed by atoms with E-state index < -0.39 is 6.03 Å². The number of hydrogen-bond acceptors (Lipinski definition) is 3. The van der Waals surface area contributed by atoms with Gasteiger partial charge in [0.15, 0.2) is 0 Å². The maximum absolute atomic E-state index is 11.9. The smallest absolute Gasteiger partial charge is 0.320 e. The minimum atomic E-state index is -0.398. The van der Waals surface area contributed by atoms with Gasteiger partial charge in [0.05, 0.1) is 32.0 Å². The zero-order valence-electron chi connectivity index (χ0n) is 13.4. The molecule has 2 aromatic carbocycles. The first-order chi connectivity index (χ1) is 11.6. The molecule has 0 saturated carbocycles. The second-order valence-electron chi connectivity index (χ2n) is 4.65. The Hall–Kier alpha value is -2.84. The van der Waals surface area contributed by atoms with Crippen molar-refractivity contribution in [2.75, 3.05) is 26.1 Å². The molecule has 5 nitrogen and oxygen atoms in total. The molecule has 2 amide bonds. The summed E-state index contributed by atoms with van der Waals surface area (Å²) in [7, 11) is 3.11. The van der Waals surface area contributed by atoms with E-state index in [0.29, 0.717) is 22.2 Å². The molecule has 0 radical (unpaired) electrons. The highest BCUT2D eigenvalue weighted by Crippen LogP contribution is 2.27. The molecule has 0 aliphatic rings. The van der Waals surface area contributed by atoms with Crippen LogP contribution >= 0.6 is 11.6 Å². The predicted molar refractivity (Wildman–Crippen MR) is 94.9 cm³/mol. The molecule has 6 heteroatoms. The molecule has 0 fully saturated rings. The molecule has 0 atom stereocenters. The zero-order chi connectivity index (χ0) is 17.4.